The van der Waals surface area contributed by atoms with Crippen LogP contribution in [-0.4, -0.2) is 35.8 Å². The molecule has 0 saturated heterocycles. The predicted molar refractivity (Wildman–Crippen MR) is 211 cm³/mol. The summed E-state index contributed by atoms with van der Waals surface area (Å²) in [5.41, 5.74) is -1.74. The number of nitro benzene ring substituents is 2. The number of benzene rings is 8. The third-order valence-electron chi connectivity index (χ3n) is 9.23. The van der Waals surface area contributed by atoms with E-state index < -0.39 is 74.2 Å². The van der Waals surface area contributed by atoms with Crippen LogP contribution in [0.2, 0.25) is 0 Å². The molecule has 0 fully saturated rings. The van der Waals surface area contributed by atoms with Crippen molar-refractivity contribution in [2.45, 2.75) is 9.79 Å². The molecule has 0 aliphatic carbocycles. The van der Waals surface area contributed by atoms with E-state index >= 15 is 0 Å². The second kappa shape index (κ2) is 22.4. The van der Waals surface area contributed by atoms with Crippen LogP contribution >= 0.6 is 0 Å². The summed E-state index contributed by atoms with van der Waals surface area (Å²) in [5.74, 6) is -2.78. The Morgan fingerprint density at radius 3 is 1.03 bits per heavy atom. The van der Waals surface area contributed by atoms with E-state index in [4.69, 9.17) is 0 Å². The van der Waals surface area contributed by atoms with Crippen LogP contribution < -0.4 is 109 Å². The summed E-state index contributed by atoms with van der Waals surface area (Å²) >= 11 is 0. The molecule has 0 spiro atoms. The summed E-state index contributed by atoms with van der Waals surface area (Å²) in [5, 5.41) is 88.8. The van der Waals surface area contributed by atoms with E-state index in [0.717, 1.165) is 36.4 Å². The van der Waals surface area contributed by atoms with Crippen molar-refractivity contribution in [1.82, 2.24) is 0 Å². The van der Waals surface area contributed by atoms with Gasteiger partial charge in [-0.2, -0.15) is 20.5 Å². The second-order valence-electron chi connectivity index (χ2n) is 13.0. The minimum atomic E-state index is -5.11. The van der Waals surface area contributed by atoms with Crippen LogP contribution in [0.1, 0.15) is 0 Å². The molecule has 0 amide bonds. The Morgan fingerprint density at radius 1 is 0.394 bits per heavy atom. The molecule has 26 heteroatoms. The Balaban J connectivity index is 0.000000330. The quantitative estimate of drug-likeness (QED) is 0.0511. The van der Waals surface area contributed by atoms with E-state index in [1.54, 1.807) is 60.7 Å². The Kier molecular flexibility index (Phi) is 18.9. The molecule has 0 aliphatic rings. The van der Waals surface area contributed by atoms with Crippen molar-refractivity contribution in [1.29, 1.82) is 0 Å². The van der Waals surface area contributed by atoms with Crippen molar-refractivity contribution in [3.05, 3.63) is 142 Å². The van der Waals surface area contributed by atoms with Crippen LogP contribution in [0.15, 0.2) is 152 Å². The molecular weight excluding hydrogens is 974 g/mol. The van der Waals surface area contributed by atoms with Crippen LogP contribution in [0.3, 0.4) is 0 Å². The summed E-state index contributed by atoms with van der Waals surface area (Å²) < 4.78 is 69.6. The molecule has 0 saturated carbocycles. The summed E-state index contributed by atoms with van der Waals surface area (Å²) in [6, 6.07) is 26.7. The summed E-state index contributed by atoms with van der Waals surface area (Å²) in [6.07, 6.45) is 0. The number of fused-ring (bicyclic) bond motifs is 4. The zero-order valence-corrected chi connectivity index (χ0v) is 43.1. The first-order valence-corrected chi connectivity index (χ1v) is 20.1. The molecule has 8 aromatic carbocycles. The van der Waals surface area contributed by atoms with Gasteiger partial charge in [0.2, 0.25) is 0 Å². The third kappa shape index (κ3) is 11.7. The van der Waals surface area contributed by atoms with Gasteiger partial charge in [0.05, 0.1) is 42.4 Å². The van der Waals surface area contributed by atoms with Crippen LogP contribution in [0.4, 0.5) is 34.1 Å². The zero-order chi connectivity index (χ0) is 44.7. The first-order valence-electron chi connectivity index (χ1n) is 17.3. The number of hydrogen-bond acceptors (Lipinski definition) is 18. The summed E-state index contributed by atoms with van der Waals surface area (Å²) in [4.78, 5) is 18.8. The van der Waals surface area contributed by atoms with Gasteiger partial charge in [-0.1, -0.05) is 95.8 Å². The molecule has 8 aromatic rings. The van der Waals surface area contributed by atoms with Gasteiger partial charge in [-0.3, -0.25) is 20.2 Å². The molecule has 0 aromatic heterocycles. The van der Waals surface area contributed by atoms with Gasteiger partial charge in [0.1, 0.15) is 20.2 Å². The third-order valence-corrected chi connectivity index (χ3v) is 11.0. The van der Waals surface area contributed by atoms with Crippen molar-refractivity contribution in [3.8, 4) is 23.0 Å². The Labute approximate surface area is 449 Å². The first-order chi connectivity index (χ1) is 29.3. The monoisotopic (exact) mass is 993 g/mol. The molecule has 0 N–H and O–H groups in total. The number of rotatable bonds is 8. The maximum atomic E-state index is 12.5. The Bertz CT molecular complexity index is 3290. The van der Waals surface area contributed by atoms with Crippen molar-refractivity contribution in [3.63, 3.8) is 0 Å². The fraction of sp³-hybridized carbons (Fsp3) is 0. The Hall–Kier alpha value is -4.65. The van der Waals surface area contributed by atoms with Gasteiger partial charge in [-0.15, -0.1) is 0 Å². The van der Waals surface area contributed by atoms with E-state index in [1.807, 2.05) is 0 Å². The summed E-state index contributed by atoms with van der Waals surface area (Å²) in [7, 11) is -10.2. The van der Waals surface area contributed by atoms with Gasteiger partial charge in [-0.05, 0) is 35.0 Å². The zero-order valence-electron chi connectivity index (χ0n) is 34.2. The molecule has 1 radical (unpaired) electrons. The molecule has 66 heavy (non-hydrogen) atoms. The van der Waals surface area contributed by atoms with Crippen LogP contribution in [0.5, 0.6) is 23.0 Å². The average molecular weight is 994 g/mol. The number of hydrogen-bond donors (Lipinski definition) is 0. The van der Waals surface area contributed by atoms with Crippen molar-refractivity contribution in [2.75, 3.05) is 0 Å². The molecule has 0 unspecified atom stereocenters. The minimum absolute atomic E-state index is 0. The van der Waals surface area contributed by atoms with Crippen molar-refractivity contribution < 1.29 is 162 Å². The van der Waals surface area contributed by atoms with Gasteiger partial charge >= 0.3 is 106 Å². The largest absolute Gasteiger partial charge is 3.00 e. The van der Waals surface area contributed by atoms with Gasteiger partial charge in [0, 0.05) is 56.6 Å². The minimum Gasteiger partial charge on any atom is -0.871 e. The molecule has 0 heterocycles. The maximum absolute atomic E-state index is 12.5. The molecule has 315 valence electrons. The summed E-state index contributed by atoms with van der Waals surface area (Å²) in [6.45, 7) is 0. The van der Waals surface area contributed by atoms with Crippen molar-refractivity contribution >= 4 is 97.5 Å². The maximum Gasteiger partial charge on any atom is 3.00 e. The smallest absolute Gasteiger partial charge is 0.871 e. The van der Waals surface area contributed by atoms with Crippen molar-refractivity contribution in [2.24, 2.45) is 20.5 Å². The fourth-order valence-electron chi connectivity index (χ4n) is 6.40. The molecule has 0 atom stereocenters. The normalized spacial score (nSPS) is 11.3. The van der Waals surface area contributed by atoms with Gasteiger partial charge in [0.25, 0.3) is 11.4 Å². The predicted octanol–water partition coefficient (Wildman–Crippen LogP) is -2.25. The molecule has 0 bridgehead atoms. The number of azo groups is 2. The van der Waals surface area contributed by atoms with E-state index in [9.17, 15) is 66.6 Å². The average Bonchev–Trinajstić information content (AvgIpc) is 3.22. The fourth-order valence-corrected chi connectivity index (χ4v) is 7.78. The van der Waals surface area contributed by atoms with E-state index in [1.165, 1.54) is 12.1 Å². The van der Waals surface area contributed by atoms with Gasteiger partial charge in [0.15, 0.2) is 0 Å². The SMILES string of the molecule is O=[N+]([O-])c1ccc2c(N=Nc3c([O-])ccc4ccccc34)c([O-])cc(S(=O)(=O)[O-])c2c1.O=[N+]([O-])c1ccc2c(N=Nc3c([O-])ccc4ccccc34)c([O-])cc(S(=O)(=O)[O-])c2c1.[Cr+3].[Na+].[Na+].[Na+]. The molecule has 0 aliphatic heterocycles. The molecular formula is C40H20CrN6Na3O14S2. The van der Waals surface area contributed by atoms with Gasteiger partial charge in [-0.25, -0.2) is 16.8 Å². The molecule has 20 nitrogen and oxygen atoms in total. The Morgan fingerprint density at radius 2 is 0.712 bits per heavy atom. The number of non-ortho nitro benzene ring substituents is 2. The molecule has 8 rings (SSSR count). The van der Waals surface area contributed by atoms with Crippen LogP contribution in [0, 0.1) is 20.2 Å². The van der Waals surface area contributed by atoms with Crippen LogP contribution in [-0.2, 0) is 37.6 Å². The van der Waals surface area contributed by atoms with E-state index in [2.05, 4.69) is 20.5 Å². The number of nitrogens with zero attached hydrogens (tertiary/aromatic N) is 6. The van der Waals surface area contributed by atoms with Crippen LogP contribution in [0.25, 0.3) is 43.1 Å². The standard InChI is InChI=1S/2C20H13N3O7S.Cr.3Na/c2*24-16-8-5-11-3-1-2-4-13(11)19(16)21-22-20-14-7-6-12(23(26)27)9-15(14)18(10-17(20)25)31(28,29)30;;;;/h2*1-10,24-25H,(H,28,29,30);;;;/q;;+3;3*+1/p-6. The first kappa shape index (κ1) is 55.7. The number of nitro groups is 2. The van der Waals surface area contributed by atoms with E-state index in [-0.39, 0.29) is 150 Å². The van der Waals surface area contributed by atoms with Gasteiger partial charge < -0.3 is 29.5 Å². The topological polar surface area (TPSA) is 342 Å². The second-order valence-corrected chi connectivity index (χ2v) is 15.7. The van der Waals surface area contributed by atoms with E-state index in [0.29, 0.717) is 33.7 Å².